The Balaban J connectivity index is 1.68. The van der Waals surface area contributed by atoms with Crippen molar-refractivity contribution in [3.05, 3.63) is 47.7 Å². The predicted molar refractivity (Wildman–Crippen MR) is 84.8 cm³/mol. The zero-order chi connectivity index (χ0) is 14.8. The Labute approximate surface area is 124 Å². The van der Waals surface area contributed by atoms with Gasteiger partial charge in [0.15, 0.2) is 0 Å². The average molecular weight is 281 g/mol. The second-order valence-corrected chi connectivity index (χ2v) is 5.64. The molecular formula is C17H19N3O. The van der Waals surface area contributed by atoms with Crippen molar-refractivity contribution in [1.29, 1.82) is 0 Å². The van der Waals surface area contributed by atoms with Crippen molar-refractivity contribution in [3.8, 4) is 0 Å². The van der Waals surface area contributed by atoms with Gasteiger partial charge in [-0.1, -0.05) is 12.1 Å². The van der Waals surface area contributed by atoms with E-state index < -0.39 is 0 Å². The largest absolute Gasteiger partial charge is 0.354 e. The van der Waals surface area contributed by atoms with Gasteiger partial charge in [0.2, 0.25) is 5.91 Å². The Bertz CT molecular complexity index is 660. The fourth-order valence-electron chi connectivity index (χ4n) is 2.14. The van der Waals surface area contributed by atoms with E-state index in [1.54, 1.807) is 6.20 Å². The Kier molecular flexibility index (Phi) is 3.60. The third-order valence-electron chi connectivity index (χ3n) is 3.63. The van der Waals surface area contributed by atoms with Gasteiger partial charge in [0.1, 0.15) is 5.82 Å². The fraction of sp³-hybridized carbons (Fsp3) is 0.294. The van der Waals surface area contributed by atoms with Gasteiger partial charge in [-0.15, -0.1) is 0 Å². The lowest BCUT2D eigenvalue weighted by molar-refractivity contribution is -0.117. The van der Waals surface area contributed by atoms with Crippen molar-refractivity contribution in [1.82, 2.24) is 4.98 Å². The Morgan fingerprint density at radius 1 is 1.19 bits per heavy atom. The van der Waals surface area contributed by atoms with Crippen LogP contribution in [0.3, 0.4) is 0 Å². The first kappa shape index (κ1) is 13.6. The molecule has 1 amide bonds. The standard InChI is InChI=1S/C17H19N3O/c1-11-3-4-12(2)15(9-11)19-14-7-8-16(18-10-14)20-17(21)13-5-6-13/h3-4,7-10,13,19H,5-6H2,1-2H3,(H,18,20,21). The molecule has 0 spiro atoms. The molecule has 1 aliphatic rings. The average Bonchev–Trinajstić information content (AvgIpc) is 3.29. The topological polar surface area (TPSA) is 54.0 Å². The first-order valence-electron chi connectivity index (χ1n) is 7.23. The van der Waals surface area contributed by atoms with Gasteiger partial charge in [-0.05, 0) is 56.0 Å². The van der Waals surface area contributed by atoms with Crippen LogP contribution in [0, 0.1) is 19.8 Å². The van der Waals surface area contributed by atoms with E-state index in [1.807, 2.05) is 12.1 Å². The molecule has 0 aliphatic heterocycles. The van der Waals surface area contributed by atoms with Gasteiger partial charge < -0.3 is 10.6 Å². The summed E-state index contributed by atoms with van der Waals surface area (Å²) in [4.78, 5) is 15.9. The van der Waals surface area contributed by atoms with Crippen LogP contribution in [0.4, 0.5) is 17.2 Å². The number of hydrogen-bond acceptors (Lipinski definition) is 3. The van der Waals surface area contributed by atoms with Crippen molar-refractivity contribution in [2.45, 2.75) is 26.7 Å². The van der Waals surface area contributed by atoms with E-state index in [0.29, 0.717) is 5.82 Å². The molecule has 3 rings (SSSR count). The monoisotopic (exact) mass is 281 g/mol. The number of carbonyl (C=O) groups is 1. The molecule has 0 saturated heterocycles. The second kappa shape index (κ2) is 5.56. The van der Waals surface area contributed by atoms with Crippen LogP contribution >= 0.6 is 0 Å². The molecule has 1 aromatic carbocycles. The van der Waals surface area contributed by atoms with Crippen LogP contribution in [-0.2, 0) is 4.79 Å². The van der Waals surface area contributed by atoms with Crippen LogP contribution in [0.1, 0.15) is 24.0 Å². The molecule has 108 valence electrons. The number of rotatable bonds is 4. The van der Waals surface area contributed by atoms with Gasteiger partial charge in [0.25, 0.3) is 0 Å². The number of aryl methyl sites for hydroxylation is 2. The molecule has 1 aromatic heterocycles. The maximum atomic E-state index is 11.7. The summed E-state index contributed by atoms with van der Waals surface area (Å²) in [5, 5.41) is 6.19. The molecule has 4 heteroatoms. The van der Waals surface area contributed by atoms with Crippen LogP contribution in [0.2, 0.25) is 0 Å². The molecule has 21 heavy (non-hydrogen) atoms. The fourth-order valence-corrected chi connectivity index (χ4v) is 2.14. The lowest BCUT2D eigenvalue weighted by Gasteiger charge is -2.11. The van der Waals surface area contributed by atoms with Gasteiger partial charge >= 0.3 is 0 Å². The molecule has 1 fully saturated rings. The van der Waals surface area contributed by atoms with Crippen molar-refractivity contribution < 1.29 is 4.79 Å². The summed E-state index contributed by atoms with van der Waals surface area (Å²) in [5.41, 5.74) is 4.38. The Morgan fingerprint density at radius 2 is 2.00 bits per heavy atom. The van der Waals surface area contributed by atoms with Crippen molar-refractivity contribution in [2.75, 3.05) is 10.6 Å². The quantitative estimate of drug-likeness (QED) is 0.896. The molecule has 0 bridgehead atoms. The van der Waals surface area contributed by atoms with Crippen LogP contribution in [0.5, 0.6) is 0 Å². The second-order valence-electron chi connectivity index (χ2n) is 5.64. The summed E-state index contributed by atoms with van der Waals surface area (Å²) in [6, 6.07) is 10.0. The van der Waals surface area contributed by atoms with Crippen molar-refractivity contribution in [2.24, 2.45) is 5.92 Å². The van der Waals surface area contributed by atoms with Crippen LogP contribution < -0.4 is 10.6 Å². The highest BCUT2D eigenvalue weighted by atomic mass is 16.2. The van der Waals surface area contributed by atoms with Crippen LogP contribution in [-0.4, -0.2) is 10.9 Å². The lowest BCUT2D eigenvalue weighted by atomic mass is 10.1. The summed E-state index contributed by atoms with van der Waals surface area (Å²) in [7, 11) is 0. The zero-order valence-corrected chi connectivity index (χ0v) is 12.3. The highest BCUT2D eigenvalue weighted by molar-refractivity contribution is 5.93. The van der Waals surface area contributed by atoms with Gasteiger partial charge in [0, 0.05) is 11.6 Å². The molecule has 0 radical (unpaired) electrons. The molecule has 2 N–H and O–H groups in total. The number of nitrogens with zero attached hydrogens (tertiary/aromatic N) is 1. The first-order valence-corrected chi connectivity index (χ1v) is 7.23. The van der Waals surface area contributed by atoms with Crippen molar-refractivity contribution in [3.63, 3.8) is 0 Å². The molecular weight excluding hydrogens is 262 g/mol. The maximum absolute atomic E-state index is 11.7. The molecule has 1 heterocycles. The van der Waals surface area contributed by atoms with E-state index in [1.165, 1.54) is 11.1 Å². The molecule has 4 nitrogen and oxygen atoms in total. The van der Waals surface area contributed by atoms with Gasteiger partial charge in [0.05, 0.1) is 11.9 Å². The normalized spacial score (nSPS) is 13.8. The van der Waals surface area contributed by atoms with E-state index in [9.17, 15) is 4.79 Å². The minimum atomic E-state index is 0.0812. The van der Waals surface area contributed by atoms with Crippen LogP contribution in [0.25, 0.3) is 0 Å². The Hall–Kier alpha value is -2.36. The van der Waals surface area contributed by atoms with Crippen molar-refractivity contribution >= 4 is 23.1 Å². The minimum Gasteiger partial charge on any atom is -0.354 e. The lowest BCUT2D eigenvalue weighted by Crippen LogP contribution is -2.14. The molecule has 0 atom stereocenters. The number of hydrogen-bond donors (Lipinski definition) is 2. The van der Waals surface area contributed by atoms with E-state index in [2.05, 4.69) is 47.7 Å². The van der Waals surface area contributed by atoms with E-state index >= 15 is 0 Å². The summed E-state index contributed by atoms with van der Waals surface area (Å²) in [6.07, 6.45) is 3.74. The number of anilines is 3. The number of nitrogens with one attached hydrogen (secondary N) is 2. The maximum Gasteiger partial charge on any atom is 0.228 e. The number of aromatic nitrogens is 1. The van der Waals surface area contributed by atoms with Gasteiger partial charge in [-0.3, -0.25) is 4.79 Å². The molecule has 1 aliphatic carbocycles. The predicted octanol–water partition coefficient (Wildman–Crippen LogP) is 3.79. The van der Waals surface area contributed by atoms with E-state index in [0.717, 1.165) is 24.2 Å². The summed E-state index contributed by atoms with van der Waals surface area (Å²) in [6.45, 7) is 4.14. The number of pyridine rings is 1. The first-order chi connectivity index (χ1) is 10.1. The third-order valence-corrected chi connectivity index (χ3v) is 3.63. The zero-order valence-electron chi connectivity index (χ0n) is 12.3. The molecule has 2 aromatic rings. The van der Waals surface area contributed by atoms with E-state index in [-0.39, 0.29) is 11.8 Å². The highest BCUT2D eigenvalue weighted by Gasteiger charge is 2.29. The minimum absolute atomic E-state index is 0.0812. The number of amides is 1. The smallest absolute Gasteiger partial charge is 0.228 e. The summed E-state index contributed by atoms with van der Waals surface area (Å²) in [5.74, 6) is 0.885. The number of carbonyl (C=O) groups excluding carboxylic acids is 1. The molecule has 0 unspecified atom stereocenters. The summed E-state index contributed by atoms with van der Waals surface area (Å²) < 4.78 is 0. The van der Waals surface area contributed by atoms with E-state index in [4.69, 9.17) is 0 Å². The SMILES string of the molecule is Cc1ccc(C)c(Nc2ccc(NC(=O)C3CC3)nc2)c1. The van der Waals surface area contributed by atoms with Crippen LogP contribution in [0.15, 0.2) is 36.5 Å². The Morgan fingerprint density at radius 3 is 2.67 bits per heavy atom. The molecule has 1 saturated carbocycles. The highest BCUT2D eigenvalue weighted by Crippen LogP contribution is 2.30. The van der Waals surface area contributed by atoms with Gasteiger partial charge in [-0.2, -0.15) is 0 Å². The summed E-state index contributed by atoms with van der Waals surface area (Å²) >= 11 is 0. The third kappa shape index (κ3) is 3.40. The number of benzene rings is 1. The van der Waals surface area contributed by atoms with Gasteiger partial charge in [-0.25, -0.2) is 4.98 Å².